The zero-order valence-corrected chi connectivity index (χ0v) is 7.90. The number of alkyl halides is 1. The van der Waals surface area contributed by atoms with Gasteiger partial charge in [-0.15, -0.1) is 11.6 Å². The van der Waals surface area contributed by atoms with Crippen molar-refractivity contribution in [1.29, 1.82) is 0 Å². The second kappa shape index (κ2) is 4.92. The molecule has 0 aromatic carbocycles. The van der Waals surface area contributed by atoms with Gasteiger partial charge >= 0.3 is 0 Å². The first-order valence-electron chi connectivity index (χ1n) is 3.15. The maximum absolute atomic E-state index is 11.1. The van der Waals surface area contributed by atoms with Crippen molar-refractivity contribution in [3.8, 4) is 0 Å². The van der Waals surface area contributed by atoms with Gasteiger partial charge < -0.3 is 5.11 Å². The molecule has 0 radical (unpaired) electrons. The summed E-state index contributed by atoms with van der Waals surface area (Å²) in [5.74, 6) is 0.00313. The number of likely N-dealkylation sites (N-methyl/N-ethyl adjacent to an activating group) is 1. The van der Waals surface area contributed by atoms with Crippen LogP contribution in [-0.4, -0.2) is 49.7 Å². The van der Waals surface area contributed by atoms with Gasteiger partial charge in [-0.1, -0.05) is 0 Å². The Morgan fingerprint density at radius 1 is 1.55 bits per heavy atom. The number of nitrogens with zero attached hydrogens (tertiary/aromatic N) is 1. The third-order valence-electron chi connectivity index (χ3n) is 1.22. The summed E-state index contributed by atoms with van der Waals surface area (Å²) in [5, 5.41) is 8.43. The van der Waals surface area contributed by atoms with Crippen LogP contribution in [0.25, 0.3) is 0 Å². The maximum atomic E-state index is 11.1. The molecule has 0 spiro atoms. The fraction of sp³-hybridized carbons (Fsp3) is 1.00. The second-order valence-corrected chi connectivity index (χ2v) is 4.62. The molecule has 0 aromatic rings. The van der Waals surface area contributed by atoms with Crippen molar-refractivity contribution >= 4 is 21.6 Å². The summed E-state index contributed by atoms with van der Waals surface area (Å²) in [6.45, 7) is -0.0444. The molecule has 0 unspecified atom stereocenters. The molecule has 0 amide bonds. The van der Waals surface area contributed by atoms with Gasteiger partial charge in [-0.05, 0) is 0 Å². The molecule has 0 fully saturated rings. The van der Waals surface area contributed by atoms with Crippen molar-refractivity contribution in [2.45, 2.75) is 0 Å². The Morgan fingerprint density at radius 3 is 2.45 bits per heavy atom. The summed E-state index contributed by atoms with van der Waals surface area (Å²) in [4.78, 5) is 0. The highest BCUT2D eigenvalue weighted by Gasteiger charge is 2.15. The van der Waals surface area contributed by atoms with E-state index in [1.807, 2.05) is 0 Å². The summed E-state index contributed by atoms with van der Waals surface area (Å²) in [6.07, 6.45) is 0. The quantitative estimate of drug-likeness (QED) is 0.609. The zero-order valence-electron chi connectivity index (χ0n) is 6.33. The van der Waals surface area contributed by atoms with Crippen LogP contribution in [0.4, 0.5) is 0 Å². The average Bonchev–Trinajstić information content (AvgIpc) is 1.88. The van der Waals surface area contributed by atoms with E-state index in [0.29, 0.717) is 0 Å². The van der Waals surface area contributed by atoms with Gasteiger partial charge in [0.1, 0.15) is 0 Å². The van der Waals surface area contributed by atoms with Crippen LogP contribution >= 0.6 is 11.6 Å². The topological polar surface area (TPSA) is 57.6 Å². The van der Waals surface area contributed by atoms with Crippen LogP contribution in [0.15, 0.2) is 0 Å². The molecule has 0 aliphatic rings. The van der Waals surface area contributed by atoms with Crippen molar-refractivity contribution in [2.24, 2.45) is 0 Å². The van der Waals surface area contributed by atoms with E-state index < -0.39 is 10.0 Å². The third kappa shape index (κ3) is 3.91. The molecule has 0 atom stereocenters. The Bertz CT molecular complexity index is 192. The monoisotopic (exact) mass is 201 g/mol. The number of halogens is 1. The van der Waals surface area contributed by atoms with E-state index in [9.17, 15) is 8.42 Å². The van der Waals surface area contributed by atoms with Gasteiger partial charge in [-0.25, -0.2) is 12.7 Å². The van der Waals surface area contributed by atoms with E-state index >= 15 is 0 Å². The standard InChI is InChI=1S/C5H12ClNO3S/c1-7(3-4-8)11(9,10)5-2-6/h8H,2-5H2,1H3. The SMILES string of the molecule is CN(CCO)S(=O)(=O)CCCl. The molecule has 4 nitrogen and oxygen atoms in total. The van der Waals surface area contributed by atoms with Gasteiger partial charge in [0.15, 0.2) is 0 Å². The van der Waals surface area contributed by atoms with Gasteiger partial charge in [0.2, 0.25) is 10.0 Å². The molecule has 0 aliphatic carbocycles. The van der Waals surface area contributed by atoms with E-state index in [2.05, 4.69) is 0 Å². The molecule has 0 bridgehead atoms. The van der Waals surface area contributed by atoms with Crippen LogP contribution in [0.3, 0.4) is 0 Å². The fourth-order valence-corrected chi connectivity index (χ4v) is 1.98. The van der Waals surface area contributed by atoms with E-state index in [4.69, 9.17) is 16.7 Å². The Morgan fingerprint density at radius 2 is 2.09 bits per heavy atom. The van der Waals surface area contributed by atoms with Gasteiger partial charge in [0.05, 0.1) is 12.4 Å². The van der Waals surface area contributed by atoms with Crippen LogP contribution in [-0.2, 0) is 10.0 Å². The second-order valence-electron chi connectivity index (χ2n) is 2.05. The lowest BCUT2D eigenvalue weighted by Crippen LogP contribution is -2.32. The van der Waals surface area contributed by atoms with Gasteiger partial charge in [-0.3, -0.25) is 0 Å². The molecule has 0 heterocycles. The molecular formula is C5H12ClNO3S. The molecule has 1 N–H and O–H groups in total. The minimum absolute atomic E-state index is 0.0783. The van der Waals surface area contributed by atoms with Crippen molar-refractivity contribution in [3.05, 3.63) is 0 Å². The minimum atomic E-state index is -3.23. The summed E-state index contributed by atoms with van der Waals surface area (Å²) in [6, 6.07) is 0. The fourth-order valence-electron chi connectivity index (χ4n) is 0.533. The Hall–Kier alpha value is 0.160. The number of hydrogen-bond acceptors (Lipinski definition) is 3. The first-order chi connectivity index (χ1) is 5.04. The number of sulfonamides is 1. The van der Waals surface area contributed by atoms with Crippen molar-refractivity contribution < 1.29 is 13.5 Å². The smallest absolute Gasteiger partial charge is 0.215 e. The third-order valence-corrected chi connectivity index (χ3v) is 3.49. The maximum Gasteiger partial charge on any atom is 0.215 e. The lowest BCUT2D eigenvalue weighted by molar-refractivity contribution is 0.266. The average molecular weight is 202 g/mol. The molecule has 11 heavy (non-hydrogen) atoms. The highest BCUT2D eigenvalue weighted by Crippen LogP contribution is 1.97. The van der Waals surface area contributed by atoms with Gasteiger partial charge in [0, 0.05) is 19.5 Å². The predicted octanol–water partition coefficient (Wildman–Crippen LogP) is -0.521. The molecule has 6 heteroatoms. The minimum Gasteiger partial charge on any atom is -0.395 e. The zero-order chi connectivity index (χ0) is 8.91. The summed E-state index contributed by atoms with van der Waals surface area (Å²) < 4.78 is 23.2. The van der Waals surface area contributed by atoms with Gasteiger partial charge in [0.25, 0.3) is 0 Å². The lowest BCUT2D eigenvalue weighted by atomic mass is 10.7. The molecule has 0 rings (SSSR count). The first-order valence-corrected chi connectivity index (χ1v) is 5.30. The number of hydrogen-bond donors (Lipinski definition) is 1. The molecule has 68 valence electrons. The predicted molar refractivity (Wildman–Crippen MR) is 44.2 cm³/mol. The normalized spacial score (nSPS) is 12.4. The highest BCUT2D eigenvalue weighted by atomic mass is 35.5. The molecule has 0 saturated carbocycles. The van der Waals surface area contributed by atoms with E-state index in [1.54, 1.807) is 0 Å². The van der Waals surface area contributed by atoms with E-state index in [0.717, 1.165) is 4.31 Å². The van der Waals surface area contributed by atoms with Crippen LogP contribution in [0.2, 0.25) is 0 Å². The van der Waals surface area contributed by atoms with E-state index in [1.165, 1.54) is 7.05 Å². The first kappa shape index (κ1) is 11.2. The Labute approximate surface area is 71.8 Å². The van der Waals surface area contributed by atoms with Gasteiger partial charge in [-0.2, -0.15) is 0 Å². The lowest BCUT2D eigenvalue weighted by Gasteiger charge is -2.14. The number of aliphatic hydroxyl groups is 1. The molecule has 0 saturated heterocycles. The summed E-state index contributed by atoms with van der Waals surface area (Å²) in [5.41, 5.74) is 0. The Kier molecular flexibility index (Phi) is 4.99. The van der Waals surface area contributed by atoms with Crippen LogP contribution in [0.5, 0.6) is 0 Å². The number of rotatable bonds is 5. The molecule has 0 aliphatic heterocycles. The van der Waals surface area contributed by atoms with E-state index in [-0.39, 0.29) is 24.8 Å². The van der Waals surface area contributed by atoms with Crippen LogP contribution in [0.1, 0.15) is 0 Å². The van der Waals surface area contributed by atoms with Crippen LogP contribution in [0, 0.1) is 0 Å². The van der Waals surface area contributed by atoms with Crippen LogP contribution < -0.4 is 0 Å². The number of aliphatic hydroxyl groups excluding tert-OH is 1. The molecular weight excluding hydrogens is 190 g/mol. The molecule has 0 aromatic heterocycles. The Balaban J connectivity index is 4.07. The highest BCUT2D eigenvalue weighted by molar-refractivity contribution is 7.89. The summed E-state index contributed by atoms with van der Waals surface area (Å²) in [7, 11) is -1.82. The van der Waals surface area contributed by atoms with Crippen molar-refractivity contribution in [1.82, 2.24) is 4.31 Å². The largest absolute Gasteiger partial charge is 0.395 e. The van der Waals surface area contributed by atoms with Crippen molar-refractivity contribution in [2.75, 3.05) is 31.8 Å². The van der Waals surface area contributed by atoms with Crippen molar-refractivity contribution in [3.63, 3.8) is 0 Å². The summed E-state index contributed by atoms with van der Waals surface area (Å²) >= 11 is 5.26.